The predicted octanol–water partition coefficient (Wildman–Crippen LogP) is 1.96. The number of carbonyl (C=O) groups is 1. The second-order valence-electron chi connectivity index (χ2n) is 11.7. The van der Waals surface area contributed by atoms with Crippen molar-refractivity contribution in [2.24, 2.45) is 5.92 Å². The maximum atomic E-state index is 13.1. The van der Waals surface area contributed by atoms with Crippen molar-refractivity contribution in [3.8, 4) is 0 Å². The van der Waals surface area contributed by atoms with Gasteiger partial charge in [-0.15, -0.1) is 0 Å². The molecule has 10 nitrogen and oxygen atoms in total. The molecule has 6 heterocycles. The second-order valence-corrected chi connectivity index (χ2v) is 11.7. The summed E-state index contributed by atoms with van der Waals surface area (Å²) in [4.78, 5) is 46.8. The average molecular weight is 559 g/mol. The van der Waals surface area contributed by atoms with Gasteiger partial charge in [-0.25, -0.2) is 4.98 Å². The minimum atomic E-state index is -0.0279. The number of carbonyl (C=O) groups excluding carboxylic acids is 1. The van der Waals surface area contributed by atoms with E-state index in [4.69, 9.17) is 0 Å². The second kappa shape index (κ2) is 12.7. The first-order chi connectivity index (χ1) is 20.1. The van der Waals surface area contributed by atoms with Crippen LogP contribution in [0.25, 0.3) is 11.0 Å². The molecule has 2 N–H and O–H groups in total. The van der Waals surface area contributed by atoms with Crippen LogP contribution in [0.2, 0.25) is 0 Å². The van der Waals surface area contributed by atoms with E-state index in [-0.39, 0.29) is 11.5 Å². The van der Waals surface area contributed by atoms with E-state index in [0.717, 1.165) is 119 Å². The van der Waals surface area contributed by atoms with Crippen LogP contribution >= 0.6 is 0 Å². The molecule has 0 aromatic carbocycles. The molecule has 218 valence electrons. The topological polar surface area (TPSA) is 101 Å². The van der Waals surface area contributed by atoms with E-state index < -0.39 is 0 Å². The van der Waals surface area contributed by atoms with Crippen LogP contribution in [0, 0.1) is 5.92 Å². The van der Waals surface area contributed by atoms with Crippen LogP contribution in [0.4, 0.5) is 5.69 Å². The number of aryl methyl sites for hydroxylation is 1. The number of anilines is 1. The zero-order valence-corrected chi connectivity index (χ0v) is 24.1. The summed E-state index contributed by atoms with van der Waals surface area (Å²) in [7, 11) is 0. The minimum absolute atomic E-state index is 0.0279. The third kappa shape index (κ3) is 6.60. The Balaban J connectivity index is 0.977. The molecule has 0 saturated carbocycles. The number of fused-ring (bicyclic) bond motifs is 1. The van der Waals surface area contributed by atoms with E-state index in [2.05, 4.69) is 35.0 Å². The van der Waals surface area contributed by atoms with Crippen LogP contribution in [0.3, 0.4) is 0 Å². The number of hydrogen-bond donors (Lipinski definition) is 2. The summed E-state index contributed by atoms with van der Waals surface area (Å²) in [6.45, 7) is 13.7. The molecule has 3 aromatic rings. The van der Waals surface area contributed by atoms with Crippen molar-refractivity contribution in [3.63, 3.8) is 0 Å². The number of nitrogens with zero attached hydrogens (tertiary/aromatic N) is 6. The van der Waals surface area contributed by atoms with Gasteiger partial charge in [0.1, 0.15) is 5.69 Å². The quantitative estimate of drug-likeness (QED) is 0.454. The number of piperazine rings is 2. The lowest BCUT2D eigenvalue weighted by Gasteiger charge is -2.36. The molecule has 3 saturated heterocycles. The normalized spacial score (nSPS) is 19.6. The zero-order chi connectivity index (χ0) is 28.2. The summed E-state index contributed by atoms with van der Waals surface area (Å²) in [5.41, 5.74) is 5.07. The van der Waals surface area contributed by atoms with Gasteiger partial charge in [0, 0.05) is 90.3 Å². The highest BCUT2D eigenvalue weighted by molar-refractivity contribution is 5.92. The molecule has 3 aliphatic heterocycles. The molecule has 3 aromatic heterocycles. The highest BCUT2D eigenvalue weighted by Crippen LogP contribution is 2.22. The van der Waals surface area contributed by atoms with Crippen LogP contribution in [0.15, 0.2) is 41.5 Å². The van der Waals surface area contributed by atoms with E-state index in [1.54, 1.807) is 0 Å². The van der Waals surface area contributed by atoms with Crippen molar-refractivity contribution in [3.05, 3.63) is 63.8 Å². The van der Waals surface area contributed by atoms with Gasteiger partial charge in [0.05, 0.1) is 22.9 Å². The Labute approximate surface area is 241 Å². The Kier molecular flexibility index (Phi) is 8.59. The lowest BCUT2D eigenvalue weighted by Crippen LogP contribution is -2.47. The molecule has 10 heteroatoms. The van der Waals surface area contributed by atoms with Crippen molar-refractivity contribution in [1.29, 1.82) is 0 Å². The Hall–Kier alpha value is -3.34. The summed E-state index contributed by atoms with van der Waals surface area (Å²) in [5.74, 6) is 0.736. The Morgan fingerprint density at radius 3 is 2.41 bits per heavy atom. The van der Waals surface area contributed by atoms with Crippen LogP contribution in [0.1, 0.15) is 41.4 Å². The number of likely N-dealkylation sites (tertiary alicyclic amines) is 1. The van der Waals surface area contributed by atoms with E-state index in [9.17, 15) is 9.59 Å². The van der Waals surface area contributed by atoms with Crippen molar-refractivity contribution in [1.82, 2.24) is 35.0 Å². The summed E-state index contributed by atoms with van der Waals surface area (Å²) in [6.07, 6.45) is 6.62. The van der Waals surface area contributed by atoms with Gasteiger partial charge in [-0.3, -0.25) is 19.5 Å². The molecule has 3 fully saturated rings. The average Bonchev–Trinajstić information content (AvgIpc) is 3.02. The van der Waals surface area contributed by atoms with Gasteiger partial charge >= 0.3 is 0 Å². The van der Waals surface area contributed by atoms with Crippen molar-refractivity contribution in [2.45, 2.75) is 32.7 Å². The summed E-state index contributed by atoms with van der Waals surface area (Å²) < 4.78 is 0. The fourth-order valence-corrected chi connectivity index (χ4v) is 6.38. The largest absolute Gasteiger partial charge is 0.368 e. The standard InChI is InChI=1S/C31H42N8O2/c1-2-25-18-28-29(35-30(25)40)17-24(19-33-28)22-37-13-15-38(16-14-37)26-3-4-27(34-20-26)31(41)39-9-5-23(6-10-39)21-36-11-7-32-8-12-36/h3-4,17-20,23,32H,2,5-16,21-22H2,1H3,(H,35,40). The van der Waals surface area contributed by atoms with Crippen molar-refractivity contribution >= 4 is 22.6 Å². The van der Waals surface area contributed by atoms with Crippen LogP contribution in [-0.2, 0) is 13.0 Å². The maximum absolute atomic E-state index is 13.1. The molecule has 6 rings (SSSR count). The molecule has 3 aliphatic rings. The lowest BCUT2D eigenvalue weighted by molar-refractivity contribution is 0.0657. The molecule has 0 bridgehead atoms. The SMILES string of the molecule is CCc1cc2ncc(CN3CCN(c4ccc(C(=O)N5CCC(CN6CCNCC6)CC5)nc4)CC3)cc2[nH]c1=O. The summed E-state index contributed by atoms with van der Waals surface area (Å²) >= 11 is 0. The first-order valence-corrected chi connectivity index (χ1v) is 15.2. The van der Waals surface area contributed by atoms with Gasteiger partial charge in [-0.2, -0.15) is 0 Å². The monoisotopic (exact) mass is 558 g/mol. The van der Waals surface area contributed by atoms with Gasteiger partial charge in [0.15, 0.2) is 0 Å². The number of H-pyrrole nitrogens is 1. The number of aromatic amines is 1. The van der Waals surface area contributed by atoms with Gasteiger partial charge in [0.25, 0.3) is 11.5 Å². The smallest absolute Gasteiger partial charge is 0.272 e. The molecule has 0 radical (unpaired) electrons. The molecule has 1 amide bonds. The predicted molar refractivity (Wildman–Crippen MR) is 161 cm³/mol. The Bertz CT molecular complexity index is 1390. The minimum Gasteiger partial charge on any atom is -0.368 e. The number of piperidine rings is 1. The number of aromatic nitrogens is 3. The van der Waals surface area contributed by atoms with Crippen molar-refractivity contribution in [2.75, 3.05) is 76.9 Å². The molecular formula is C31H42N8O2. The molecule has 0 unspecified atom stereocenters. The first kappa shape index (κ1) is 27.8. The van der Waals surface area contributed by atoms with Crippen molar-refractivity contribution < 1.29 is 4.79 Å². The van der Waals surface area contributed by atoms with Crippen LogP contribution < -0.4 is 15.8 Å². The fourth-order valence-electron chi connectivity index (χ4n) is 6.38. The maximum Gasteiger partial charge on any atom is 0.272 e. The molecule has 0 aliphatic carbocycles. The first-order valence-electron chi connectivity index (χ1n) is 15.2. The Morgan fingerprint density at radius 2 is 1.71 bits per heavy atom. The summed E-state index contributed by atoms with van der Waals surface area (Å²) in [6, 6.07) is 7.87. The molecule has 41 heavy (non-hydrogen) atoms. The van der Waals surface area contributed by atoms with E-state index in [0.29, 0.717) is 18.0 Å². The molecule has 0 spiro atoms. The number of hydrogen-bond acceptors (Lipinski definition) is 8. The number of amides is 1. The number of pyridine rings is 3. The van der Waals surface area contributed by atoms with Gasteiger partial charge in [0.2, 0.25) is 0 Å². The number of rotatable bonds is 7. The third-order valence-corrected chi connectivity index (χ3v) is 8.95. The highest BCUT2D eigenvalue weighted by Gasteiger charge is 2.26. The number of nitrogens with one attached hydrogen (secondary N) is 2. The summed E-state index contributed by atoms with van der Waals surface area (Å²) in [5, 5.41) is 3.42. The zero-order valence-electron chi connectivity index (χ0n) is 24.1. The Morgan fingerprint density at radius 1 is 0.927 bits per heavy atom. The van der Waals surface area contributed by atoms with Gasteiger partial charge in [-0.1, -0.05) is 6.92 Å². The highest BCUT2D eigenvalue weighted by atomic mass is 16.2. The van der Waals surface area contributed by atoms with Gasteiger partial charge < -0.3 is 25.0 Å². The van der Waals surface area contributed by atoms with E-state index >= 15 is 0 Å². The molecular weight excluding hydrogens is 516 g/mol. The molecule has 0 atom stereocenters. The van der Waals surface area contributed by atoms with Gasteiger partial charge in [-0.05, 0) is 55.0 Å². The third-order valence-electron chi connectivity index (χ3n) is 8.95. The van der Waals surface area contributed by atoms with Crippen LogP contribution in [-0.4, -0.2) is 108 Å². The van der Waals surface area contributed by atoms with Crippen LogP contribution in [0.5, 0.6) is 0 Å². The lowest BCUT2D eigenvalue weighted by atomic mass is 9.95. The fraction of sp³-hybridized carbons (Fsp3) is 0.548. The van der Waals surface area contributed by atoms with E-state index in [1.807, 2.05) is 48.5 Å². The van der Waals surface area contributed by atoms with E-state index in [1.165, 1.54) is 0 Å².